The van der Waals surface area contributed by atoms with Crippen LogP contribution in [0.15, 0.2) is 18.2 Å². The van der Waals surface area contributed by atoms with Crippen molar-refractivity contribution in [1.82, 2.24) is 15.2 Å². The minimum Gasteiger partial charge on any atom is -0.318 e. The number of hydrogen-bond acceptors (Lipinski definition) is 3. The highest BCUT2D eigenvalue weighted by Gasteiger charge is 2.05. The Morgan fingerprint density at radius 1 is 1.31 bits per heavy atom. The summed E-state index contributed by atoms with van der Waals surface area (Å²) in [7, 11) is 2.00. The Hall–Kier alpha value is -0.930. The molecule has 1 rings (SSSR count). The number of rotatable bonds is 7. The first-order chi connectivity index (χ1) is 7.76. The van der Waals surface area contributed by atoms with Crippen LogP contribution in [-0.4, -0.2) is 36.6 Å². The third kappa shape index (κ3) is 4.73. The van der Waals surface area contributed by atoms with Crippen LogP contribution in [0.3, 0.4) is 0 Å². The van der Waals surface area contributed by atoms with Crippen LogP contribution in [0.5, 0.6) is 0 Å². The van der Waals surface area contributed by atoms with E-state index in [0.717, 1.165) is 31.9 Å². The van der Waals surface area contributed by atoms with Gasteiger partial charge in [-0.05, 0) is 39.1 Å². The van der Waals surface area contributed by atoms with Gasteiger partial charge in [-0.25, -0.2) is 0 Å². The molecule has 0 bridgehead atoms. The first-order valence-electron chi connectivity index (χ1n) is 6.05. The highest BCUT2D eigenvalue weighted by molar-refractivity contribution is 5.09. The second kappa shape index (κ2) is 7.36. The summed E-state index contributed by atoms with van der Waals surface area (Å²) in [6.07, 6.45) is 1.19. The topological polar surface area (TPSA) is 28.2 Å². The van der Waals surface area contributed by atoms with Crippen molar-refractivity contribution in [2.75, 3.05) is 26.7 Å². The van der Waals surface area contributed by atoms with Crippen molar-refractivity contribution >= 4 is 0 Å². The van der Waals surface area contributed by atoms with Crippen molar-refractivity contribution in [2.24, 2.45) is 0 Å². The molecule has 0 unspecified atom stereocenters. The molecule has 0 saturated heterocycles. The third-order valence-electron chi connectivity index (χ3n) is 2.55. The van der Waals surface area contributed by atoms with Gasteiger partial charge in [-0.1, -0.05) is 13.0 Å². The van der Waals surface area contributed by atoms with Crippen LogP contribution in [0, 0.1) is 6.92 Å². The van der Waals surface area contributed by atoms with Gasteiger partial charge in [0.1, 0.15) is 0 Å². The maximum atomic E-state index is 4.54. The van der Waals surface area contributed by atoms with Crippen molar-refractivity contribution in [1.29, 1.82) is 0 Å². The van der Waals surface area contributed by atoms with Crippen molar-refractivity contribution in [3.8, 4) is 0 Å². The van der Waals surface area contributed by atoms with Crippen LogP contribution in [0.25, 0.3) is 0 Å². The van der Waals surface area contributed by atoms with E-state index in [-0.39, 0.29) is 0 Å². The number of pyridine rings is 1. The molecule has 0 fully saturated rings. The van der Waals surface area contributed by atoms with Crippen molar-refractivity contribution in [2.45, 2.75) is 26.8 Å². The summed E-state index contributed by atoms with van der Waals surface area (Å²) in [6.45, 7) is 8.47. The zero-order valence-corrected chi connectivity index (χ0v) is 10.7. The van der Waals surface area contributed by atoms with E-state index in [9.17, 15) is 0 Å². The molecular formula is C13H23N3. The van der Waals surface area contributed by atoms with E-state index in [1.165, 1.54) is 12.1 Å². The minimum absolute atomic E-state index is 0.956. The highest BCUT2D eigenvalue weighted by Crippen LogP contribution is 2.03. The first-order valence-corrected chi connectivity index (χ1v) is 6.05. The van der Waals surface area contributed by atoms with Gasteiger partial charge in [0.05, 0.1) is 5.69 Å². The van der Waals surface area contributed by atoms with E-state index >= 15 is 0 Å². The van der Waals surface area contributed by atoms with Crippen LogP contribution < -0.4 is 5.32 Å². The molecule has 16 heavy (non-hydrogen) atoms. The van der Waals surface area contributed by atoms with Crippen LogP contribution in [0.1, 0.15) is 24.7 Å². The fraction of sp³-hybridized carbons (Fsp3) is 0.615. The van der Waals surface area contributed by atoms with Gasteiger partial charge >= 0.3 is 0 Å². The molecule has 0 aliphatic rings. The van der Waals surface area contributed by atoms with Gasteiger partial charge < -0.3 is 5.32 Å². The molecule has 0 aliphatic heterocycles. The van der Waals surface area contributed by atoms with Crippen LogP contribution in [0.2, 0.25) is 0 Å². The lowest BCUT2D eigenvalue weighted by molar-refractivity contribution is 0.264. The van der Waals surface area contributed by atoms with Crippen LogP contribution >= 0.6 is 0 Å². The lowest BCUT2D eigenvalue weighted by Gasteiger charge is -2.21. The van der Waals surface area contributed by atoms with E-state index in [1.54, 1.807) is 0 Å². The highest BCUT2D eigenvalue weighted by atomic mass is 15.1. The molecule has 0 saturated carbocycles. The van der Waals surface area contributed by atoms with E-state index in [0.29, 0.717) is 0 Å². The van der Waals surface area contributed by atoms with Crippen molar-refractivity contribution < 1.29 is 0 Å². The first kappa shape index (κ1) is 13.1. The number of nitrogens with one attached hydrogen (secondary N) is 1. The summed E-state index contributed by atoms with van der Waals surface area (Å²) in [5, 5.41) is 3.19. The van der Waals surface area contributed by atoms with Gasteiger partial charge in [-0.3, -0.25) is 9.88 Å². The molecular weight excluding hydrogens is 198 g/mol. The number of likely N-dealkylation sites (N-methyl/N-ethyl adjacent to an activating group) is 1. The molecule has 0 aromatic carbocycles. The molecule has 0 amide bonds. The largest absolute Gasteiger partial charge is 0.318 e. The van der Waals surface area contributed by atoms with E-state index in [2.05, 4.69) is 34.3 Å². The smallest absolute Gasteiger partial charge is 0.0547 e. The van der Waals surface area contributed by atoms with Crippen molar-refractivity contribution in [3.63, 3.8) is 0 Å². The molecule has 1 N–H and O–H groups in total. The third-order valence-corrected chi connectivity index (χ3v) is 2.55. The second-order valence-electron chi connectivity index (χ2n) is 4.15. The average Bonchev–Trinajstić information content (AvgIpc) is 2.26. The Bertz CT molecular complexity index is 299. The predicted octanol–water partition coefficient (Wildman–Crippen LogP) is 1.82. The Morgan fingerprint density at radius 3 is 2.75 bits per heavy atom. The van der Waals surface area contributed by atoms with Gasteiger partial charge in [0, 0.05) is 25.3 Å². The molecule has 3 nitrogen and oxygen atoms in total. The molecule has 0 radical (unpaired) electrons. The molecule has 3 heteroatoms. The Labute approximate surface area is 98.9 Å². The molecule has 1 heterocycles. The Morgan fingerprint density at radius 2 is 2.12 bits per heavy atom. The zero-order chi connectivity index (χ0) is 11.8. The van der Waals surface area contributed by atoms with Gasteiger partial charge in [0.2, 0.25) is 0 Å². The van der Waals surface area contributed by atoms with Gasteiger partial charge in [0.15, 0.2) is 0 Å². The van der Waals surface area contributed by atoms with E-state index in [1.807, 2.05) is 20.0 Å². The van der Waals surface area contributed by atoms with E-state index < -0.39 is 0 Å². The Balaban J connectivity index is 2.52. The van der Waals surface area contributed by atoms with E-state index in [4.69, 9.17) is 0 Å². The van der Waals surface area contributed by atoms with Gasteiger partial charge in [-0.15, -0.1) is 0 Å². The van der Waals surface area contributed by atoms with Crippen LogP contribution in [0.4, 0.5) is 0 Å². The number of aromatic nitrogens is 1. The maximum Gasteiger partial charge on any atom is 0.0547 e. The molecule has 1 aromatic heterocycles. The van der Waals surface area contributed by atoms with Crippen LogP contribution in [-0.2, 0) is 6.54 Å². The lowest BCUT2D eigenvalue weighted by Crippen LogP contribution is -2.31. The summed E-state index contributed by atoms with van der Waals surface area (Å²) >= 11 is 0. The number of aryl methyl sites for hydroxylation is 1. The predicted molar refractivity (Wildman–Crippen MR) is 68.5 cm³/mol. The molecule has 0 spiro atoms. The lowest BCUT2D eigenvalue weighted by atomic mass is 10.3. The zero-order valence-electron chi connectivity index (χ0n) is 10.7. The summed E-state index contributed by atoms with van der Waals surface area (Å²) in [5.74, 6) is 0. The monoisotopic (exact) mass is 221 g/mol. The molecule has 0 atom stereocenters. The summed E-state index contributed by atoms with van der Waals surface area (Å²) in [6, 6.07) is 6.23. The summed E-state index contributed by atoms with van der Waals surface area (Å²) < 4.78 is 0. The fourth-order valence-corrected chi connectivity index (χ4v) is 1.77. The van der Waals surface area contributed by atoms with Gasteiger partial charge in [0.25, 0.3) is 0 Å². The Kier molecular flexibility index (Phi) is 6.04. The summed E-state index contributed by atoms with van der Waals surface area (Å²) in [5.41, 5.74) is 2.27. The number of hydrogen-bond donors (Lipinski definition) is 1. The van der Waals surface area contributed by atoms with Crippen molar-refractivity contribution in [3.05, 3.63) is 29.6 Å². The molecule has 0 aliphatic carbocycles. The molecule has 90 valence electrons. The average molecular weight is 221 g/mol. The second-order valence-corrected chi connectivity index (χ2v) is 4.15. The quantitative estimate of drug-likeness (QED) is 0.761. The maximum absolute atomic E-state index is 4.54. The van der Waals surface area contributed by atoms with Gasteiger partial charge in [-0.2, -0.15) is 0 Å². The minimum atomic E-state index is 0.956. The SMILES string of the molecule is CCCN(CCNC)Cc1cccc(C)n1. The standard InChI is InChI=1S/C13H23N3/c1-4-9-16(10-8-14-3)11-13-7-5-6-12(2)15-13/h5-7,14H,4,8-11H2,1-3H3. The normalized spacial score (nSPS) is 11.0. The fourth-order valence-electron chi connectivity index (χ4n) is 1.77. The molecule has 1 aromatic rings. The summed E-state index contributed by atoms with van der Waals surface area (Å²) in [4.78, 5) is 6.98. The number of nitrogens with zero attached hydrogens (tertiary/aromatic N) is 2.